The van der Waals surface area contributed by atoms with Gasteiger partial charge in [-0.25, -0.2) is 0 Å². The molecule has 1 aromatic rings. The van der Waals surface area contributed by atoms with E-state index in [0.29, 0.717) is 0 Å². The quantitative estimate of drug-likeness (QED) is 0.682. The zero-order valence-electron chi connectivity index (χ0n) is 6.97. The number of fused-ring (bicyclic) bond motifs is 1. The second-order valence-corrected chi connectivity index (χ2v) is 4.25. The topological polar surface area (TPSA) is 19.0 Å². The van der Waals surface area contributed by atoms with Crippen LogP contribution in [-0.4, -0.2) is 23.5 Å². The number of hydrogen-bond acceptors (Lipinski definition) is 1. The van der Waals surface area contributed by atoms with E-state index in [0.717, 1.165) is 13.0 Å². The van der Waals surface area contributed by atoms with E-state index < -0.39 is 0 Å². The highest BCUT2D eigenvalue weighted by Gasteiger charge is 1.98. The van der Waals surface area contributed by atoms with E-state index in [1.165, 1.54) is 14.3 Å². The fraction of sp³-hybridized carbons (Fsp3) is 0.333. The van der Waals surface area contributed by atoms with Gasteiger partial charge in [-0.05, 0) is 35.1 Å². The van der Waals surface area contributed by atoms with Gasteiger partial charge in [0.1, 0.15) is 0 Å². The Morgan fingerprint density at radius 2 is 2.42 bits per heavy atom. The van der Waals surface area contributed by atoms with Crippen molar-refractivity contribution in [2.75, 3.05) is 13.6 Å². The molecule has 0 unspecified atom stereocenters. The highest BCUT2D eigenvalue weighted by molar-refractivity contribution is 14.1. The van der Waals surface area contributed by atoms with Crippen LogP contribution >= 0.6 is 22.6 Å². The summed E-state index contributed by atoms with van der Waals surface area (Å²) in [5.74, 6) is 0. The maximum atomic E-state index is 3.33. The maximum Gasteiger partial charge on any atom is 0.0783 e. The first-order valence-corrected chi connectivity index (χ1v) is 5.10. The zero-order valence-corrected chi connectivity index (χ0v) is 9.13. The summed E-state index contributed by atoms with van der Waals surface area (Å²) in [6, 6.07) is 2.17. The first-order chi connectivity index (χ1) is 5.75. The molecular formula is C9H11IN2. The van der Waals surface area contributed by atoms with Crippen LogP contribution in [0.15, 0.2) is 6.07 Å². The van der Waals surface area contributed by atoms with Crippen LogP contribution in [0.1, 0.15) is 6.42 Å². The number of aromatic nitrogens is 1. The van der Waals surface area contributed by atoms with Crippen LogP contribution in [0.2, 0.25) is 0 Å². The minimum absolute atomic E-state index is 1.11. The molecule has 0 amide bonds. The van der Waals surface area contributed by atoms with Crippen LogP contribution in [0.25, 0.3) is 12.3 Å². The van der Waals surface area contributed by atoms with Gasteiger partial charge in [0.2, 0.25) is 0 Å². The van der Waals surface area contributed by atoms with E-state index in [1.54, 1.807) is 0 Å². The van der Waals surface area contributed by atoms with Crippen LogP contribution in [0.5, 0.6) is 0 Å². The van der Waals surface area contributed by atoms with Gasteiger partial charge in [-0.3, -0.25) is 0 Å². The number of H-pyrrole nitrogens is 1. The highest BCUT2D eigenvalue weighted by Crippen LogP contribution is 1.95. The molecule has 1 aliphatic heterocycles. The minimum atomic E-state index is 1.11. The number of aromatic amines is 1. The molecule has 3 heteroatoms. The van der Waals surface area contributed by atoms with Gasteiger partial charge < -0.3 is 9.88 Å². The van der Waals surface area contributed by atoms with Gasteiger partial charge in [-0.15, -0.1) is 0 Å². The van der Waals surface area contributed by atoms with E-state index in [9.17, 15) is 0 Å². The lowest BCUT2D eigenvalue weighted by atomic mass is 10.4. The standard InChI is InChI=1S/C9H11IN2/c1-12-4-2-3-8-7(6-12)5-9(10)11-8/h3,5-6,11H,2,4H2,1H3. The van der Waals surface area contributed by atoms with Gasteiger partial charge >= 0.3 is 0 Å². The van der Waals surface area contributed by atoms with Crippen molar-refractivity contribution in [3.8, 4) is 0 Å². The molecule has 0 aromatic carbocycles. The molecule has 0 radical (unpaired) electrons. The van der Waals surface area contributed by atoms with Crippen molar-refractivity contribution in [1.29, 1.82) is 0 Å². The van der Waals surface area contributed by atoms with Crippen molar-refractivity contribution in [2.24, 2.45) is 0 Å². The van der Waals surface area contributed by atoms with Gasteiger partial charge in [0.15, 0.2) is 0 Å². The van der Waals surface area contributed by atoms with E-state index >= 15 is 0 Å². The smallest absolute Gasteiger partial charge is 0.0783 e. The predicted molar refractivity (Wildman–Crippen MR) is 58.9 cm³/mol. The molecule has 12 heavy (non-hydrogen) atoms. The Kier molecular flexibility index (Phi) is 2.12. The zero-order chi connectivity index (χ0) is 8.55. The largest absolute Gasteiger partial charge is 0.380 e. The summed E-state index contributed by atoms with van der Waals surface area (Å²) < 4.78 is 1.21. The summed E-state index contributed by atoms with van der Waals surface area (Å²) in [6.07, 6.45) is 5.57. The minimum Gasteiger partial charge on any atom is -0.380 e. The SMILES string of the molecule is CN1C=c2cc(I)[nH]c2=CCC1. The Morgan fingerprint density at radius 3 is 3.25 bits per heavy atom. The van der Waals surface area contributed by atoms with E-state index in [1.807, 2.05) is 0 Å². The summed E-state index contributed by atoms with van der Waals surface area (Å²) in [6.45, 7) is 1.11. The van der Waals surface area contributed by atoms with Gasteiger partial charge in [-0.2, -0.15) is 0 Å². The van der Waals surface area contributed by atoms with E-state index in [2.05, 4.69) is 57.9 Å². The Bertz CT molecular complexity index is 391. The molecule has 1 N–H and O–H groups in total. The normalized spacial score (nSPS) is 16.0. The van der Waals surface area contributed by atoms with Gasteiger partial charge in [-0.1, -0.05) is 6.08 Å². The molecule has 2 heterocycles. The number of rotatable bonds is 0. The summed E-state index contributed by atoms with van der Waals surface area (Å²) in [5.41, 5.74) is 0. The maximum absolute atomic E-state index is 3.33. The van der Waals surface area contributed by atoms with Crippen LogP contribution in [0.3, 0.4) is 0 Å². The molecule has 0 fully saturated rings. The van der Waals surface area contributed by atoms with Crippen molar-refractivity contribution in [1.82, 2.24) is 9.88 Å². The fourth-order valence-corrected chi connectivity index (χ4v) is 2.07. The molecule has 0 saturated heterocycles. The molecule has 0 atom stereocenters. The van der Waals surface area contributed by atoms with Crippen LogP contribution in [0.4, 0.5) is 0 Å². The second kappa shape index (κ2) is 3.12. The molecule has 0 aliphatic carbocycles. The molecule has 0 saturated carbocycles. The fourth-order valence-electron chi connectivity index (χ4n) is 1.44. The third-order valence-corrected chi connectivity index (χ3v) is 2.62. The second-order valence-electron chi connectivity index (χ2n) is 3.09. The van der Waals surface area contributed by atoms with Gasteiger partial charge in [0.05, 0.1) is 3.70 Å². The molecule has 1 aromatic heterocycles. The van der Waals surface area contributed by atoms with Crippen molar-refractivity contribution < 1.29 is 0 Å². The number of hydrogen-bond donors (Lipinski definition) is 1. The average molecular weight is 274 g/mol. The van der Waals surface area contributed by atoms with Gasteiger partial charge in [0.25, 0.3) is 0 Å². The summed E-state index contributed by atoms with van der Waals surface area (Å²) in [5, 5.41) is 2.57. The lowest BCUT2D eigenvalue weighted by Gasteiger charge is -2.09. The average Bonchev–Trinajstić information content (AvgIpc) is 2.23. The van der Waals surface area contributed by atoms with Crippen molar-refractivity contribution in [2.45, 2.75) is 6.42 Å². The molecule has 2 nitrogen and oxygen atoms in total. The Labute approximate surface area is 85.1 Å². The number of halogens is 1. The number of nitrogens with zero attached hydrogens (tertiary/aromatic N) is 1. The Hall–Kier alpha value is -0.450. The summed E-state index contributed by atoms with van der Waals surface area (Å²) in [4.78, 5) is 5.56. The monoisotopic (exact) mass is 274 g/mol. The third-order valence-electron chi connectivity index (χ3n) is 2.04. The lowest BCUT2D eigenvalue weighted by Crippen LogP contribution is -2.23. The lowest BCUT2D eigenvalue weighted by molar-refractivity contribution is 0.513. The predicted octanol–water partition coefficient (Wildman–Crippen LogP) is 0.473. The molecule has 2 rings (SSSR count). The number of nitrogens with one attached hydrogen (secondary N) is 1. The molecule has 64 valence electrons. The van der Waals surface area contributed by atoms with Crippen molar-refractivity contribution in [3.05, 3.63) is 20.3 Å². The van der Waals surface area contributed by atoms with Crippen molar-refractivity contribution in [3.63, 3.8) is 0 Å². The summed E-state index contributed by atoms with van der Waals surface area (Å²) in [7, 11) is 2.11. The van der Waals surface area contributed by atoms with Crippen molar-refractivity contribution >= 4 is 34.9 Å². The van der Waals surface area contributed by atoms with E-state index in [-0.39, 0.29) is 0 Å². The van der Waals surface area contributed by atoms with Gasteiger partial charge in [0, 0.05) is 30.4 Å². The Balaban J connectivity index is 2.66. The molecule has 1 aliphatic rings. The molecule has 0 bridgehead atoms. The third kappa shape index (κ3) is 1.50. The molecular weight excluding hydrogens is 263 g/mol. The molecule has 0 spiro atoms. The Morgan fingerprint density at radius 1 is 1.58 bits per heavy atom. The summed E-state index contributed by atoms with van der Waals surface area (Å²) >= 11 is 2.31. The van der Waals surface area contributed by atoms with Crippen LogP contribution in [0, 0.1) is 3.70 Å². The van der Waals surface area contributed by atoms with E-state index in [4.69, 9.17) is 0 Å². The first-order valence-electron chi connectivity index (χ1n) is 4.02. The van der Waals surface area contributed by atoms with Crippen LogP contribution < -0.4 is 10.6 Å². The van der Waals surface area contributed by atoms with Crippen LogP contribution in [-0.2, 0) is 0 Å². The first kappa shape index (κ1) is 8.16. The highest BCUT2D eigenvalue weighted by atomic mass is 127.